The predicted octanol–water partition coefficient (Wildman–Crippen LogP) is 4.04. The average molecular weight is 459 g/mol. The van der Waals surface area contributed by atoms with Gasteiger partial charge in [-0.2, -0.15) is 15.5 Å². The topological polar surface area (TPSA) is 131 Å². The summed E-state index contributed by atoms with van der Waals surface area (Å²) in [7, 11) is 1.64. The zero-order chi connectivity index (χ0) is 24.4. The van der Waals surface area contributed by atoms with Crippen LogP contribution in [0, 0.1) is 17.1 Å². The highest BCUT2D eigenvalue weighted by Crippen LogP contribution is 2.37. The summed E-state index contributed by atoms with van der Waals surface area (Å²) in [4.78, 5) is 13.3. The summed E-state index contributed by atoms with van der Waals surface area (Å²) in [5, 5.41) is 20.1. The van der Waals surface area contributed by atoms with Crippen LogP contribution in [0.3, 0.4) is 0 Å². The summed E-state index contributed by atoms with van der Waals surface area (Å²) in [6.07, 6.45) is 5.83. The van der Waals surface area contributed by atoms with Crippen molar-refractivity contribution in [3.8, 4) is 23.2 Å². The number of anilines is 2. The molecule has 3 aromatic rings. The number of hydrazone groups is 1. The van der Waals surface area contributed by atoms with Crippen LogP contribution in [0.1, 0.15) is 38.1 Å². The molecule has 172 valence electrons. The first-order valence-electron chi connectivity index (χ1n) is 10.6. The number of nitrogens with two attached hydrogens (primary N) is 1. The standard InChI is InChI=1S/C21H16FN9O.C2H6/c1-11-13-8-12(22)5-6-15(13)31-17(4-3-7-26-31)28-20-18(16(9-23)30(2)29-20)14-10-25-19(24)21(27-14)32-11;1-2/h3-8,10-11H,1-2H3,(H2,24,25);1-2H3. The second kappa shape index (κ2) is 9.11. The van der Waals surface area contributed by atoms with E-state index in [1.165, 1.54) is 23.0 Å². The van der Waals surface area contributed by atoms with Gasteiger partial charge < -0.3 is 10.5 Å². The van der Waals surface area contributed by atoms with Crippen LogP contribution in [0.2, 0.25) is 0 Å². The van der Waals surface area contributed by atoms with E-state index in [0.717, 1.165) is 0 Å². The molecule has 0 fully saturated rings. The van der Waals surface area contributed by atoms with Crippen LogP contribution in [0.4, 0.5) is 21.7 Å². The number of ether oxygens (including phenoxy) is 1. The van der Waals surface area contributed by atoms with Gasteiger partial charge in [0.2, 0.25) is 0 Å². The molecule has 0 radical (unpaired) electrons. The Labute approximate surface area is 195 Å². The lowest BCUT2D eigenvalue weighted by molar-refractivity contribution is 0.218. The number of amidine groups is 1. The van der Waals surface area contributed by atoms with Crippen molar-refractivity contribution in [2.24, 2.45) is 17.1 Å². The summed E-state index contributed by atoms with van der Waals surface area (Å²) >= 11 is 0. The van der Waals surface area contributed by atoms with E-state index >= 15 is 0 Å². The fourth-order valence-electron chi connectivity index (χ4n) is 3.56. The largest absolute Gasteiger partial charge is 0.467 e. The molecule has 1 atom stereocenters. The van der Waals surface area contributed by atoms with Crippen molar-refractivity contribution in [3.05, 3.63) is 53.6 Å². The average Bonchev–Trinajstić information content (AvgIpc) is 3.16. The zero-order valence-electron chi connectivity index (χ0n) is 19.1. The molecule has 0 saturated heterocycles. The minimum atomic E-state index is -0.655. The van der Waals surface area contributed by atoms with Crippen LogP contribution in [-0.4, -0.2) is 31.8 Å². The number of aliphatic imine (C=N–C) groups is 1. The zero-order valence-corrected chi connectivity index (χ0v) is 19.1. The van der Waals surface area contributed by atoms with E-state index in [1.54, 1.807) is 43.4 Å². The van der Waals surface area contributed by atoms with Gasteiger partial charge in [-0.3, -0.25) is 4.68 Å². The van der Waals surface area contributed by atoms with Crippen molar-refractivity contribution in [2.45, 2.75) is 26.9 Å². The number of rotatable bonds is 0. The predicted molar refractivity (Wildman–Crippen MR) is 127 cm³/mol. The Morgan fingerprint density at radius 2 is 2.06 bits per heavy atom. The van der Waals surface area contributed by atoms with E-state index in [4.69, 9.17) is 10.5 Å². The van der Waals surface area contributed by atoms with Crippen molar-refractivity contribution in [2.75, 3.05) is 10.7 Å². The van der Waals surface area contributed by atoms with Crippen LogP contribution in [0.25, 0.3) is 11.3 Å². The molecule has 2 aliphatic rings. The normalized spacial score (nSPS) is 15.7. The van der Waals surface area contributed by atoms with E-state index in [-0.39, 0.29) is 23.2 Å². The van der Waals surface area contributed by atoms with Gasteiger partial charge in [-0.15, -0.1) is 0 Å². The van der Waals surface area contributed by atoms with Gasteiger partial charge in [-0.25, -0.2) is 24.4 Å². The third kappa shape index (κ3) is 3.86. The van der Waals surface area contributed by atoms with E-state index in [9.17, 15) is 9.65 Å². The number of hydrogen-bond acceptors (Lipinski definition) is 9. The molecule has 1 unspecified atom stereocenters. The quantitative estimate of drug-likeness (QED) is 0.537. The molecule has 34 heavy (non-hydrogen) atoms. The maximum absolute atomic E-state index is 14.2. The number of benzene rings is 1. The summed E-state index contributed by atoms with van der Waals surface area (Å²) < 4.78 is 21.6. The molecule has 0 aliphatic carbocycles. The number of aryl methyl sites for hydroxylation is 1. The maximum Gasteiger partial charge on any atom is 0.258 e. The lowest BCUT2D eigenvalue weighted by Crippen LogP contribution is -2.28. The van der Waals surface area contributed by atoms with Crippen molar-refractivity contribution >= 4 is 29.4 Å². The van der Waals surface area contributed by atoms with Gasteiger partial charge in [0.25, 0.3) is 5.88 Å². The SMILES string of the molecule is CC.CC1Oc2nc(cnc2N)-c2c(nn(C)c2C#N)N=C2C=CC=NN2c2ccc(F)cc21. The lowest BCUT2D eigenvalue weighted by Gasteiger charge is -2.26. The molecule has 2 bridgehead atoms. The Morgan fingerprint density at radius 1 is 1.26 bits per heavy atom. The molecule has 4 heterocycles. The third-order valence-corrected chi connectivity index (χ3v) is 5.05. The minimum absolute atomic E-state index is 0.0516. The Kier molecular flexibility index (Phi) is 6.05. The van der Waals surface area contributed by atoms with Gasteiger partial charge in [-0.05, 0) is 37.3 Å². The molecular formula is C23H22FN9O. The number of nitrogens with zero attached hydrogens (tertiary/aromatic N) is 8. The highest BCUT2D eigenvalue weighted by Gasteiger charge is 2.27. The first-order valence-corrected chi connectivity index (χ1v) is 10.6. The Hall–Kier alpha value is -4.59. The lowest BCUT2D eigenvalue weighted by atomic mass is 10.1. The monoisotopic (exact) mass is 459 g/mol. The molecule has 2 aromatic heterocycles. The van der Waals surface area contributed by atoms with Gasteiger partial charge >= 0.3 is 0 Å². The van der Waals surface area contributed by atoms with Crippen LogP contribution >= 0.6 is 0 Å². The van der Waals surface area contributed by atoms with E-state index in [1.807, 2.05) is 13.8 Å². The van der Waals surface area contributed by atoms with E-state index in [0.29, 0.717) is 28.3 Å². The molecule has 0 saturated carbocycles. The van der Waals surface area contributed by atoms with Crippen LogP contribution in [0.15, 0.2) is 46.6 Å². The fraction of sp³-hybridized carbons (Fsp3) is 0.217. The number of aromatic nitrogens is 4. The van der Waals surface area contributed by atoms with Gasteiger partial charge in [0.1, 0.15) is 23.7 Å². The first kappa shape index (κ1) is 22.6. The molecule has 5 rings (SSSR count). The summed E-state index contributed by atoms with van der Waals surface area (Å²) in [5.74, 6) is 0.340. The van der Waals surface area contributed by atoms with Gasteiger partial charge in [-0.1, -0.05) is 13.8 Å². The number of halogens is 1. The number of allylic oxidation sites excluding steroid dienone is 1. The Bertz CT molecular complexity index is 1380. The summed E-state index contributed by atoms with van der Waals surface area (Å²) in [5.41, 5.74) is 8.02. The highest BCUT2D eigenvalue weighted by molar-refractivity contribution is 6.11. The first-order chi connectivity index (χ1) is 16.5. The number of nitriles is 1. The summed E-state index contributed by atoms with van der Waals surface area (Å²) in [6, 6.07) is 6.42. The molecule has 0 amide bonds. The second-order valence-electron chi connectivity index (χ2n) is 7.10. The third-order valence-electron chi connectivity index (χ3n) is 5.05. The second-order valence-corrected chi connectivity index (χ2v) is 7.10. The fourth-order valence-corrected chi connectivity index (χ4v) is 3.56. The van der Waals surface area contributed by atoms with Crippen molar-refractivity contribution in [1.82, 2.24) is 19.7 Å². The van der Waals surface area contributed by atoms with Gasteiger partial charge in [0.05, 0.1) is 23.1 Å². The smallest absolute Gasteiger partial charge is 0.258 e. The minimum Gasteiger partial charge on any atom is -0.467 e. The molecular weight excluding hydrogens is 437 g/mol. The molecule has 1 aromatic carbocycles. The van der Waals surface area contributed by atoms with Crippen LogP contribution in [-0.2, 0) is 7.05 Å². The number of hydrogen-bond donors (Lipinski definition) is 1. The van der Waals surface area contributed by atoms with E-state index < -0.39 is 11.9 Å². The summed E-state index contributed by atoms with van der Waals surface area (Å²) in [6.45, 7) is 5.74. The molecule has 0 spiro atoms. The van der Waals surface area contributed by atoms with Gasteiger partial charge in [0, 0.05) is 18.8 Å². The molecule has 10 nitrogen and oxygen atoms in total. The van der Waals surface area contributed by atoms with E-state index in [2.05, 4.69) is 31.2 Å². The van der Waals surface area contributed by atoms with Crippen molar-refractivity contribution < 1.29 is 9.13 Å². The van der Waals surface area contributed by atoms with Crippen LogP contribution in [0.5, 0.6) is 5.88 Å². The number of fused-ring (bicyclic) bond motifs is 7. The molecule has 11 heteroatoms. The number of nitrogen functional groups attached to an aromatic ring is 1. The molecule has 2 N–H and O–H groups in total. The van der Waals surface area contributed by atoms with Crippen LogP contribution < -0.4 is 15.5 Å². The van der Waals surface area contributed by atoms with Crippen molar-refractivity contribution in [1.29, 1.82) is 5.26 Å². The Balaban J connectivity index is 0.00000133. The van der Waals surface area contributed by atoms with Crippen molar-refractivity contribution in [3.63, 3.8) is 0 Å². The Morgan fingerprint density at radius 3 is 2.82 bits per heavy atom. The van der Waals surface area contributed by atoms with Gasteiger partial charge in [0.15, 0.2) is 17.5 Å². The molecule has 2 aliphatic heterocycles. The maximum atomic E-state index is 14.2. The highest BCUT2D eigenvalue weighted by atomic mass is 19.1.